The molecule has 0 aromatic carbocycles. The maximum atomic E-state index is 10.8. The summed E-state index contributed by atoms with van der Waals surface area (Å²) in [6.07, 6.45) is 8.73. The summed E-state index contributed by atoms with van der Waals surface area (Å²) < 4.78 is 6.48. The van der Waals surface area contributed by atoms with Gasteiger partial charge in [0, 0.05) is 17.6 Å². The average Bonchev–Trinajstić information content (AvgIpc) is 2.46. The third-order valence-corrected chi connectivity index (χ3v) is 7.89. The van der Waals surface area contributed by atoms with Crippen LogP contribution in [0.4, 0.5) is 0 Å². The molecule has 1 atom stereocenters. The molecule has 4 nitrogen and oxygen atoms in total. The van der Waals surface area contributed by atoms with Crippen molar-refractivity contribution in [3.05, 3.63) is 0 Å². The lowest BCUT2D eigenvalue weighted by Gasteiger charge is -2.57. The molecule has 26 heavy (non-hydrogen) atoms. The van der Waals surface area contributed by atoms with E-state index in [4.69, 9.17) is 4.74 Å². The summed E-state index contributed by atoms with van der Waals surface area (Å²) in [5.74, 6) is 2.62. The Labute approximate surface area is 159 Å². The van der Waals surface area contributed by atoms with Crippen molar-refractivity contribution >= 4 is 0 Å². The quantitative estimate of drug-likeness (QED) is 0.784. The molecule has 4 saturated carbocycles. The van der Waals surface area contributed by atoms with Crippen molar-refractivity contribution in [2.24, 2.45) is 17.8 Å². The first-order chi connectivity index (χ1) is 12.1. The Morgan fingerprint density at radius 1 is 0.885 bits per heavy atom. The number of aliphatic hydroxyl groups is 2. The van der Waals surface area contributed by atoms with Crippen LogP contribution in [0.15, 0.2) is 0 Å². The van der Waals surface area contributed by atoms with E-state index in [-0.39, 0.29) is 22.8 Å². The van der Waals surface area contributed by atoms with Gasteiger partial charge < -0.3 is 14.9 Å². The van der Waals surface area contributed by atoms with Crippen LogP contribution in [-0.4, -0.2) is 57.2 Å². The molecule has 0 aromatic heterocycles. The average molecular weight is 366 g/mol. The van der Waals surface area contributed by atoms with Crippen LogP contribution < -0.4 is 0 Å². The normalized spacial score (nSPS) is 42.9. The van der Waals surface area contributed by atoms with Gasteiger partial charge in [0.1, 0.15) is 0 Å². The van der Waals surface area contributed by atoms with E-state index in [9.17, 15) is 10.2 Å². The van der Waals surface area contributed by atoms with Crippen LogP contribution in [0.1, 0.15) is 79.1 Å². The van der Waals surface area contributed by atoms with Crippen LogP contribution in [-0.2, 0) is 4.74 Å². The van der Waals surface area contributed by atoms with E-state index in [0.29, 0.717) is 13.2 Å². The second kappa shape index (κ2) is 6.43. The SMILES string of the molecule is CC1(C)CC(O)CC(C)(C)N1CC(O)COC12CC3CC(CC(C3)C1)C2. The minimum absolute atomic E-state index is 0.0683. The molecule has 4 heteroatoms. The third-order valence-electron chi connectivity index (χ3n) is 7.89. The maximum absolute atomic E-state index is 10.8. The van der Waals surface area contributed by atoms with E-state index in [2.05, 4.69) is 32.6 Å². The second-order valence-electron chi connectivity index (χ2n) is 11.4. The summed E-state index contributed by atoms with van der Waals surface area (Å²) in [5.41, 5.74) is -0.148. The second-order valence-corrected chi connectivity index (χ2v) is 11.4. The number of likely N-dealkylation sites (tertiary alicyclic amines) is 1. The fraction of sp³-hybridized carbons (Fsp3) is 1.00. The largest absolute Gasteiger partial charge is 0.393 e. The summed E-state index contributed by atoms with van der Waals surface area (Å²) in [6, 6.07) is 0. The highest BCUT2D eigenvalue weighted by Crippen LogP contribution is 2.57. The third kappa shape index (κ3) is 3.59. The van der Waals surface area contributed by atoms with Crippen molar-refractivity contribution in [1.82, 2.24) is 4.90 Å². The zero-order chi connectivity index (χ0) is 18.7. The Hall–Kier alpha value is -0.160. The van der Waals surface area contributed by atoms with Gasteiger partial charge in [-0.2, -0.15) is 0 Å². The van der Waals surface area contributed by atoms with Crippen molar-refractivity contribution in [3.63, 3.8) is 0 Å². The monoisotopic (exact) mass is 365 g/mol. The van der Waals surface area contributed by atoms with Gasteiger partial charge in [-0.05, 0) is 96.8 Å². The lowest BCUT2D eigenvalue weighted by atomic mass is 9.54. The number of piperidine rings is 1. The Morgan fingerprint density at radius 3 is 1.81 bits per heavy atom. The predicted molar refractivity (Wildman–Crippen MR) is 103 cm³/mol. The standard InChI is InChI=1S/C22H39NO3/c1-20(2)11-18(24)12-21(3,4)23(20)13-19(25)14-26-22-8-15-5-16(9-22)7-17(6-15)10-22/h15-19,24-25H,5-14H2,1-4H3. The molecule has 2 N–H and O–H groups in total. The Kier molecular flexibility index (Phi) is 4.74. The van der Waals surface area contributed by atoms with Gasteiger partial charge in [0.05, 0.1) is 24.4 Å². The summed E-state index contributed by atoms with van der Waals surface area (Å²) in [7, 11) is 0. The highest BCUT2D eigenvalue weighted by atomic mass is 16.5. The molecule has 0 spiro atoms. The molecule has 5 aliphatic rings. The minimum Gasteiger partial charge on any atom is -0.393 e. The van der Waals surface area contributed by atoms with Gasteiger partial charge in [0.2, 0.25) is 0 Å². The number of rotatable bonds is 5. The summed E-state index contributed by atoms with van der Waals surface area (Å²) in [6.45, 7) is 9.82. The first-order valence-electron chi connectivity index (χ1n) is 10.8. The lowest BCUT2D eigenvalue weighted by Crippen LogP contribution is -2.63. The van der Waals surface area contributed by atoms with Crippen molar-refractivity contribution in [2.45, 2.75) is 108 Å². The molecule has 5 fully saturated rings. The number of β-amino-alcohol motifs (C(OH)–C–C–N with tert-alkyl or cyclic N) is 1. The number of ether oxygens (including phenoxy) is 1. The van der Waals surface area contributed by atoms with Gasteiger partial charge in [-0.1, -0.05) is 0 Å². The Bertz CT molecular complexity index is 476. The van der Waals surface area contributed by atoms with Crippen LogP contribution in [0.3, 0.4) is 0 Å². The predicted octanol–water partition coefficient (Wildman–Crippen LogP) is 3.35. The topological polar surface area (TPSA) is 52.9 Å². The molecular weight excluding hydrogens is 326 g/mol. The fourth-order valence-corrected chi connectivity index (χ4v) is 7.50. The summed E-state index contributed by atoms with van der Waals surface area (Å²) in [5, 5.41) is 21.0. The Balaban J connectivity index is 1.36. The molecule has 5 rings (SSSR count). The van der Waals surface area contributed by atoms with E-state index >= 15 is 0 Å². The zero-order valence-corrected chi connectivity index (χ0v) is 17.2. The molecule has 4 aliphatic carbocycles. The van der Waals surface area contributed by atoms with Gasteiger partial charge >= 0.3 is 0 Å². The molecular formula is C22H39NO3. The van der Waals surface area contributed by atoms with Crippen molar-refractivity contribution in [2.75, 3.05) is 13.2 Å². The van der Waals surface area contributed by atoms with E-state index in [0.717, 1.165) is 30.6 Å². The maximum Gasteiger partial charge on any atom is 0.0900 e. The molecule has 1 unspecified atom stereocenters. The van der Waals surface area contributed by atoms with Crippen LogP contribution >= 0.6 is 0 Å². The summed E-state index contributed by atoms with van der Waals surface area (Å²) in [4.78, 5) is 2.39. The molecule has 4 bridgehead atoms. The molecule has 0 radical (unpaired) electrons. The molecule has 1 aliphatic heterocycles. The van der Waals surface area contributed by atoms with Crippen LogP contribution in [0, 0.1) is 17.8 Å². The lowest BCUT2D eigenvalue weighted by molar-refractivity contribution is -0.181. The highest BCUT2D eigenvalue weighted by molar-refractivity contribution is 5.04. The molecule has 1 heterocycles. The van der Waals surface area contributed by atoms with Gasteiger partial charge in [-0.25, -0.2) is 0 Å². The van der Waals surface area contributed by atoms with Gasteiger partial charge in [-0.3, -0.25) is 4.90 Å². The first kappa shape index (κ1) is 19.2. The van der Waals surface area contributed by atoms with Gasteiger partial charge in [0.25, 0.3) is 0 Å². The van der Waals surface area contributed by atoms with E-state index < -0.39 is 6.10 Å². The number of hydrogen-bond acceptors (Lipinski definition) is 4. The number of hydrogen-bond donors (Lipinski definition) is 2. The van der Waals surface area contributed by atoms with Crippen molar-refractivity contribution in [1.29, 1.82) is 0 Å². The van der Waals surface area contributed by atoms with Gasteiger partial charge in [0.15, 0.2) is 0 Å². The number of nitrogens with zero attached hydrogens (tertiary/aromatic N) is 1. The van der Waals surface area contributed by atoms with Crippen LogP contribution in [0.25, 0.3) is 0 Å². The highest BCUT2D eigenvalue weighted by Gasteiger charge is 2.52. The van der Waals surface area contributed by atoms with E-state index in [1.807, 2.05) is 0 Å². The first-order valence-corrected chi connectivity index (χ1v) is 10.8. The minimum atomic E-state index is -0.461. The smallest absolute Gasteiger partial charge is 0.0900 e. The van der Waals surface area contributed by atoms with Crippen molar-refractivity contribution in [3.8, 4) is 0 Å². The van der Waals surface area contributed by atoms with Crippen molar-refractivity contribution < 1.29 is 14.9 Å². The van der Waals surface area contributed by atoms with Gasteiger partial charge in [-0.15, -0.1) is 0 Å². The van der Waals surface area contributed by atoms with E-state index in [1.54, 1.807) is 0 Å². The number of aliphatic hydroxyl groups excluding tert-OH is 2. The molecule has 150 valence electrons. The van der Waals surface area contributed by atoms with Crippen LogP contribution in [0.5, 0.6) is 0 Å². The molecule has 0 aromatic rings. The van der Waals surface area contributed by atoms with Crippen LogP contribution in [0.2, 0.25) is 0 Å². The summed E-state index contributed by atoms with van der Waals surface area (Å²) >= 11 is 0. The molecule has 0 amide bonds. The zero-order valence-electron chi connectivity index (χ0n) is 17.2. The Morgan fingerprint density at radius 2 is 1.35 bits per heavy atom. The molecule has 1 saturated heterocycles. The fourth-order valence-electron chi connectivity index (χ4n) is 7.50. The van der Waals surface area contributed by atoms with E-state index in [1.165, 1.54) is 38.5 Å².